The fraction of sp³-hybridized carbons (Fsp3) is 0.250. The number of benzene rings is 1. The van der Waals surface area contributed by atoms with Crippen LogP contribution in [0.2, 0.25) is 0 Å². The summed E-state index contributed by atoms with van der Waals surface area (Å²) in [5.41, 5.74) is 7.64. The molecule has 0 spiro atoms. The third kappa shape index (κ3) is 2.14. The highest BCUT2D eigenvalue weighted by atomic mass is 32.1. The molecule has 0 atom stereocenters. The molecule has 0 aliphatic rings. The van der Waals surface area contributed by atoms with E-state index in [1.54, 1.807) is 18.1 Å². The van der Waals surface area contributed by atoms with Gasteiger partial charge in [0.15, 0.2) is 0 Å². The van der Waals surface area contributed by atoms with Crippen LogP contribution in [-0.4, -0.2) is 28.9 Å². The van der Waals surface area contributed by atoms with Gasteiger partial charge in [-0.15, -0.1) is 11.3 Å². The molecule has 1 amide bonds. The Morgan fingerprint density at radius 3 is 2.71 bits per heavy atom. The number of pyridine rings is 1. The molecule has 0 radical (unpaired) electrons. The lowest BCUT2D eigenvalue weighted by atomic mass is 10.1. The summed E-state index contributed by atoms with van der Waals surface area (Å²) in [6, 6.07) is 8.04. The SMILES string of the molecule is CC(C)N(C)C(=O)c1sc2c(cnc3ccccc32)c1N. The standard InChI is InChI=1S/C16H17N3OS/c1-9(2)19(3)16(20)15-13(17)11-8-18-12-7-5-4-6-10(12)14(11)21-15/h4-9H,17H2,1-3H3. The fourth-order valence-electron chi connectivity index (χ4n) is 2.25. The van der Waals surface area contributed by atoms with Gasteiger partial charge in [-0.05, 0) is 19.9 Å². The number of rotatable bonds is 2. The summed E-state index contributed by atoms with van der Waals surface area (Å²) < 4.78 is 1.03. The Morgan fingerprint density at radius 1 is 1.29 bits per heavy atom. The monoisotopic (exact) mass is 299 g/mol. The minimum absolute atomic E-state index is 0.0345. The second-order valence-electron chi connectivity index (χ2n) is 5.37. The van der Waals surface area contributed by atoms with Crippen molar-refractivity contribution in [3.8, 4) is 0 Å². The summed E-state index contributed by atoms with van der Waals surface area (Å²) in [5, 5.41) is 1.90. The first kappa shape index (κ1) is 13.8. The molecule has 4 nitrogen and oxygen atoms in total. The van der Waals surface area contributed by atoms with Crippen molar-refractivity contribution < 1.29 is 4.79 Å². The largest absolute Gasteiger partial charge is 0.397 e. The van der Waals surface area contributed by atoms with Gasteiger partial charge in [-0.25, -0.2) is 0 Å². The number of fused-ring (bicyclic) bond motifs is 3. The van der Waals surface area contributed by atoms with Crippen LogP contribution in [0.3, 0.4) is 0 Å². The number of hydrogen-bond donors (Lipinski definition) is 1. The first-order valence-electron chi connectivity index (χ1n) is 6.83. The zero-order chi connectivity index (χ0) is 15.1. The van der Waals surface area contributed by atoms with Crippen molar-refractivity contribution in [2.75, 3.05) is 12.8 Å². The van der Waals surface area contributed by atoms with E-state index >= 15 is 0 Å². The van der Waals surface area contributed by atoms with Crippen LogP contribution >= 0.6 is 11.3 Å². The molecule has 0 saturated carbocycles. The highest BCUT2D eigenvalue weighted by Gasteiger charge is 2.22. The molecule has 0 unspecified atom stereocenters. The van der Waals surface area contributed by atoms with E-state index in [-0.39, 0.29) is 11.9 Å². The normalized spacial score (nSPS) is 11.4. The maximum Gasteiger partial charge on any atom is 0.266 e. The maximum atomic E-state index is 12.5. The molecule has 5 heteroatoms. The van der Waals surface area contributed by atoms with Crippen molar-refractivity contribution in [2.24, 2.45) is 0 Å². The summed E-state index contributed by atoms with van der Waals surface area (Å²) in [4.78, 5) is 19.3. The molecule has 1 aromatic carbocycles. The van der Waals surface area contributed by atoms with Crippen LogP contribution in [0.15, 0.2) is 30.5 Å². The van der Waals surface area contributed by atoms with E-state index < -0.39 is 0 Å². The van der Waals surface area contributed by atoms with Crippen molar-refractivity contribution in [3.63, 3.8) is 0 Å². The molecule has 3 aromatic rings. The highest BCUT2D eigenvalue weighted by molar-refractivity contribution is 7.22. The lowest BCUT2D eigenvalue weighted by molar-refractivity contribution is 0.0761. The van der Waals surface area contributed by atoms with Crippen LogP contribution in [0.5, 0.6) is 0 Å². The van der Waals surface area contributed by atoms with E-state index in [4.69, 9.17) is 5.73 Å². The Balaban J connectivity index is 2.24. The number of aromatic nitrogens is 1. The van der Waals surface area contributed by atoms with E-state index in [1.807, 2.05) is 38.1 Å². The molecule has 0 aliphatic carbocycles. The number of hydrogen-bond acceptors (Lipinski definition) is 4. The Bertz CT molecular complexity index is 838. The molecule has 2 aromatic heterocycles. The minimum atomic E-state index is -0.0345. The lowest BCUT2D eigenvalue weighted by Gasteiger charge is -2.20. The number of anilines is 1. The lowest BCUT2D eigenvalue weighted by Crippen LogP contribution is -2.32. The van der Waals surface area contributed by atoms with Crippen molar-refractivity contribution in [2.45, 2.75) is 19.9 Å². The Kier molecular flexibility index (Phi) is 3.29. The van der Waals surface area contributed by atoms with Gasteiger partial charge in [-0.2, -0.15) is 0 Å². The van der Waals surface area contributed by atoms with Gasteiger partial charge in [0.1, 0.15) is 4.88 Å². The molecule has 108 valence electrons. The predicted molar refractivity (Wildman–Crippen MR) is 88.8 cm³/mol. The summed E-state index contributed by atoms with van der Waals surface area (Å²) in [5.74, 6) is -0.0345. The molecule has 0 aliphatic heterocycles. The summed E-state index contributed by atoms with van der Waals surface area (Å²) in [7, 11) is 1.80. The van der Waals surface area contributed by atoms with E-state index in [1.165, 1.54) is 11.3 Å². The third-order valence-corrected chi connectivity index (χ3v) is 5.00. The van der Waals surface area contributed by atoms with Gasteiger partial charge < -0.3 is 10.6 Å². The van der Waals surface area contributed by atoms with Gasteiger partial charge in [-0.3, -0.25) is 9.78 Å². The number of nitrogens with two attached hydrogens (primary N) is 1. The van der Waals surface area contributed by atoms with Gasteiger partial charge in [-0.1, -0.05) is 18.2 Å². The number of nitrogens with zero attached hydrogens (tertiary/aromatic N) is 2. The average Bonchev–Trinajstić information content (AvgIpc) is 2.83. The number of carbonyl (C=O) groups is 1. The fourth-order valence-corrected chi connectivity index (χ4v) is 3.46. The van der Waals surface area contributed by atoms with E-state index in [0.29, 0.717) is 10.6 Å². The molecular weight excluding hydrogens is 282 g/mol. The Hall–Kier alpha value is -2.14. The number of carbonyl (C=O) groups excluding carboxylic acids is 1. The first-order chi connectivity index (χ1) is 10.0. The van der Waals surface area contributed by atoms with Crippen molar-refractivity contribution in [1.82, 2.24) is 9.88 Å². The van der Waals surface area contributed by atoms with Gasteiger partial charge in [0.25, 0.3) is 5.91 Å². The van der Waals surface area contributed by atoms with Crippen LogP contribution in [0.4, 0.5) is 5.69 Å². The summed E-state index contributed by atoms with van der Waals surface area (Å²) >= 11 is 1.45. The topological polar surface area (TPSA) is 59.2 Å². The maximum absolute atomic E-state index is 12.5. The first-order valence-corrected chi connectivity index (χ1v) is 7.65. The van der Waals surface area contributed by atoms with E-state index in [9.17, 15) is 4.79 Å². The molecule has 0 fully saturated rings. The zero-order valence-electron chi connectivity index (χ0n) is 12.3. The molecular formula is C16H17N3OS. The molecule has 0 bridgehead atoms. The Labute approximate surface area is 127 Å². The van der Waals surface area contributed by atoms with Crippen LogP contribution in [0.25, 0.3) is 21.0 Å². The van der Waals surface area contributed by atoms with E-state index in [2.05, 4.69) is 4.98 Å². The second kappa shape index (κ2) is 5.00. The van der Waals surface area contributed by atoms with Crippen molar-refractivity contribution in [1.29, 1.82) is 0 Å². The summed E-state index contributed by atoms with van der Waals surface area (Å²) in [6.45, 7) is 3.97. The van der Waals surface area contributed by atoms with Gasteiger partial charge in [0, 0.05) is 34.8 Å². The summed E-state index contributed by atoms with van der Waals surface area (Å²) in [6.07, 6.45) is 1.76. The number of para-hydroxylation sites is 1. The zero-order valence-corrected chi connectivity index (χ0v) is 13.1. The molecule has 0 saturated heterocycles. The van der Waals surface area contributed by atoms with Gasteiger partial charge in [0.05, 0.1) is 11.2 Å². The smallest absolute Gasteiger partial charge is 0.266 e. The van der Waals surface area contributed by atoms with E-state index in [0.717, 1.165) is 21.0 Å². The molecule has 21 heavy (non-hydrogen) atoms. The van der Waals surface area contributed by atoms with Crippen LogP contribution in [-0.2, 0) is 0 Å². The molecule has 3 rings (SSSR count). The van der Waals surface area contributed by atoms with Crippen molar-refractivity contribution >= 4 is 43.9 Å². The Morgan fingerprint density at radius 2 is 2.00 bits per heavy atom. The predicted octanol–water partition coefficient (Wildman–Crippen LogP) is 3.51. The quantitative estimate of drug-likeness (QED) is 0.787. The second-order valence-corrected chi connectivity index (χ2v) is 6.39. The number of thiophene rings is 1. The van der Waals surface area contributed by atoms with Gasteiger partial charge in [0.2, 0.25) is 0 Å². The van der Waals surface area contributed by atoms with Crippen LogP contribution in [0, 0.1) is 0 Å². The van der Waals surface area contributed by atoms with Crippen LogP contribution < -0.4 is 5.73 Å². The average molecular weight is 299 g/mol. The number of amides is 1. The molecule has 2 N–H and O–H groups in total. The highest BCUT2D eigenvalue weighted by Crippen LogP contribution is 2.37. The van der Waals surface area contributed by atoms with Crippen LogP contribution in [0.1, 0.15) is 23.5 Å². The molecule has 2 heterocycles. The van der Waals surface area contributed by atoms with Crippen molar-refractivity contribution in [3.05, 3.63) is 35.3 Å². The van der Waals surface area contributed by atoms with Gasteiger partial charge >= 0.3 is 0 Å². The third-order valence-electron chi connectivity index (χ3n) is 3.75. The number of nitrogen functional groups attached to an aromatic ring is 1. The minimum Gasteiger partial charge on any atom is -0.397 e.